The molecule has 2 heterocycles. The average Bonchev–Trinajstić information content (AvgIpc) is 3.01. The van der Waals surface area contributed by atoms with Gasteiger partial charge in [-0.1, -0.05) is 18.2 Å². The van der Waals surface area contributed by atoms with Crippen molar-refractivity contribution in [2.24, 2.45) is 0 Å². The summed E-state index contributed by atoms with van der Waals surface area (Å²) in [6, 6.07) is 6.71. The molecule has 2 N–H and O–H groups in total. The molecule has 1 unspecified atom stereocenters. The Labute approximate surface area is 121 Å². The predicted molar refractivity (Wildman–Crippen MR) is 77.8 cm³/mol. The van der Waals surface area contributed by atoms with Gasteiger partial charge in [-0.05, 0) is 12.5 Å². The fraction of sp³-hybridized carbons (Fsp3) is 0.286. The number of rotatable bonds is 3. The minimum Gasteiger partial charge on any atom is -0.360 e. The Kier molecular flexibility index (Phi) is 3.29. The lowest BCUT2D eigenvalue weighted by Crippen LogP contribution is -2.39. The Hall–Kier alpha value is -2.15. The molecule has 3 rings (SSSR count). The summed E-state index contributed by atoms with van der Waals surface area (Å²) in [7, 11) is -3.09. The monoisotopic (exact) mass is 306 g/mol. The number of carbonyl (C=O) groups excluding carboxylic acids is 2. The topological polar surface area (TPSA) is 96.1 Å². The first-order valence-electron chi connectivity index (χ1n) is 6.58. The molecule has 1 aromatic carbocycles. The van der Waals surface area contributed by atoms with Crippen molar-refractivity contribution in [1.82, 2.24) is 10.3 Å². The number of sulfone groups is 1. The van der Waals surface area contributed by atoms with Crippen molar-refractivity contribution in [3.05, 3.63) is 36.0 Å². The quantitative estimate of drug-likeness (QED) is 0.643. The maximum Gasteiger partial charge on any atom is 0.292 e. The largest absolute Gasteiger partial charge is 0.360 e. The summed E-state index contributed by atoms with van der Waals surface area (Å²) in [4.78, 5) is 27.1. The van der Waals surface area contributed by atoms with Crippen molar-refractivity contribution < 1.29 is 18.0 Å². The van der Waals surface area contributed by atoms with Gasteiger partial charge < -0.3 is 10.3 Å². The van der Waals surface area contributed by atoms with Crippen molar-refractivity contribution in [3.8, 4) is 0 Å². The smallest absolute Gasteiger partial charge is 0.292 e. The number of Topliss-reactive ketones (excluding diaryl/α,β-unsaturated/α-hetero) is 1. The first-order valence-corrected chi connectivity index (χ1v) is 8.40. The summed E-state index contributed by atoms with van der Waals surface area (Å²) in [6.45, 7) is 0. The summed E-state index contributed by atoms with van der Waals surface area (Å²) in [5.74, 6) is -1.46. The van der Waals surface area contributed by atoms with E-state index < -0.39 is 27.6 Å². The molecule has 0 bridgehead atoms. The van der Waals surface area contributed by atoms with Crippen LogP contribution in [0.5, 0.6) is 0 Å². The Bertz CT molecular complexity index is 822. The highest BCUT2D eigenvalue weighted by Crippen LogP contribution is 2.18. The zero-order valence-electron chi connectivity index (χ0n) is 11.1. The second kappa shape index (κ2) is 5.00. The molecule has 0 aliphatic carbocycles. The minimum absolute atomic E-state index is 0.0548. The number of hydrogen-bond donors (Lipinski definition) is 2. The molecule has 0 spiro atoms. The molecular weight excluding hydrogens is 292 g/mol. The molecule has 21 heavy (non-hydrogen) atoms. The van der Waals surface area contributed by atoms with E-state index in [4.69, 9.17) is 0 Å². The van der Waals surface area contributed by atoms with E-state index in [1.54, 1.807) is 12.1 Å². The third kappa shape index (κ3) is 2.69. The van der Waals surface area contributed by atoms with Gasteiger partial charge in [-0.25, -0.2) is 8.42 Å². The van der Waals surface area contributed by atoms with E-state index in [0.717, 1.165) is 5.52 Å². The van der Waals surface area contributed by atoms with E-state index in [1.165, 1.54) is 6.20 Å². The van der Waals surface area contributed by atoms with Gasteiger partial charge in [0.15, 0.2) is 9.84 Å². The Morgan fingerprint density at radius 2 is 2.00 bits per heavy atom. The van der Waals surface area contributed by atoms with Gasteiger partial charge in [0.2, 0.25) is 0 Å². The van der Waals surface area contributed by atoms with Crippen molar-refractivity contribution in [2.45, 2.75) is 12.5 Å². The van der Waals surface area contributed by atoms with Crippen LogP contribution in [0.2, 0.25) is 0 Å². The molecule has 0 saturated carbocycles. The number of hydrogen-bond acceptors (Lipinski definition) is 4. The molecule has 1 fully saturated rings. The van der Waals surface area contributed by atoms with Crippen molar-refractivity contribution in [2.75, 3.05) is 11.5 Å². The molecule has 1 atom stereocenters. The zero-order valence-corrected chi connectivity index (χ0v) is 11.9. The Morgan fingerprint density at radius 1 is 1.24 bits per heavy atom. The van der Waals surface area contributed by atoms with Crippen LogP contribution in [0.4, 0.5) is 0 Å². The van der Waals surface area contributed by atoms with Crippen LogP contribution in [0.15, 0.2) is 30.5 Å². The maximum atomic E-state index is 12.2. The first kappa shape index (κ1) is 13.8. The van der Waals surface area contributed by atoms with Crippen LogP contribution in [0, 0.1) is 0 Å². The molecule has 1 aliphatic rings. The van der Waals surface area contributed by atoms with Gasteiger partial charge in [0, 0.05) is 23.1 Å². The molecule has 1 amide bonds. The second-order valence-corrected chi connectivity index (χ2v) is 7.38. The predicted octanol–water partition coefficient (Wildman–Crippen LogP) is 0.654. The molecule has 0 radical (unpaired) electrons. The highest BCUT2D eigenvalue weighted by Gasteiger charge is 2.31. The van der Waals surface area contributed by atoms with Gasteiger partial charge in [0.25, 0.3) is 11.7 Å². The molecule has 1 saturated heterocycles. The van der Waals surface area contributed by atoms with Crippen LogP contribution >= 0.6 is 0 Å². The molecule has 1 aromatic heterocycles. The van der Waals surface area contributed by atoms with Crippen molar-refractivity contribution in [1.29, 1.82) is 0 Å². The number of ketones is 1. The van der Waals surface area contributed by atoms with Crippen molar-refractivity contribution >= 4 is 32.4 Å². The van der Waals surface area contributed by atoms with E-state index in [1.807, 2.05) is 12.1 Å². The number of aromatic amines is 1. The summed E-state index contributed by atoms with van der Waals surface area (Å²) in [5.41, 5.74) is 1.07. The number of H-pyrrole nitrogens is 1. The van der Waals surface area contributed by atoms with E-state index in [9.17, 15) is 18.0 Å². The van der Waals surface area contributed by atoms with E-state index in [-0.39, 0.29) is 11.5 Å². The maximum absolute atomic E-state index is 12.2. The summed E-state index contributed by atoms with van der Waals surface area (Å²) < 4.78 is 22.7. The van der Waals surface area contributed by atoms with Gasteiger partial charge in [-0.3, -0.25) is 9.59 Å². The lowest BCUT2D eigenvalue weighted by atomic mass is 10.1. The number of aromatic nitrogens is 1. The third-order valence-electron chi connectivity index (χ3n) is 3.61. The molecule has 1 aliphatic heterocycles. The fourth-order valence-electron chi connectivity index (χ4n) is 2.54. The van der Waals surface area contributed by atoms with Crippen LogP contribution in [0.3, 0.4) is 0 Å². The van der Waals surface area contributed by atoms with Crippen LogP contribution in [0.25, 0.3) is 10.9 Å². The summed E-state index contributed by atoms with van der Waals surface area (Å²) in [5, 5.41) is 3.18. The number of amides is 1. The molecule has 6 nitrogen and oxygen atoms in total. The number of benzene rings is 1. The number of fused-ring (bicyclic) bond motifs is 1. The highest BCUT2D eigenvalue weighted by atomic mass is 32.2. The third-order valence-corrected chi connectivity index (χ3v) is 5.38. The van der Waals surface area contributed by atoms with E-state index >= 15 is 0 Å². The molecule has 110 valence electrons. The van der Waals surface area contributed by atoms with Gasteiger partial charge in [-0.15, -0.1) is 0 Å². The normalized spacial score (nSPS) is 20.5. The standard InChI is InChI=1S/C14H14N2O4S/c17-13(11-7-15-12-4-2-1-3-10(11)12)14(18)16-9-5-6-21(19,20)8-9/h1-4,7,9,15H,5-6,8H2,(H,16,18). The summed E-state index contributed by atoms with van der Waals surface area (Å²) >= 11 is 0. The van der Waals surface area contributed by atoms with Gasteiger partial charge in [0.1, 0.15) is 0 Å². The minimum atomic E-state index is -3.09. The number of carbonyl (C=O) groups is 2. The average molecular weight is 306 g/mol. The number of para-hydroxylation sites is 1. The van der Waals surface area contributed by atoms with E-state index in [2.05, 4.69) is 10.3 Å². The lowest BCUT2D eigenvalue weighted by Gasteiger charge is -2.09. The van der Waals surface area contributed by atoms with Gasteiger partial charge in [-0.2, -0.15) is 0 Å². The van der Waals surface area contributed by atoms with Gasteiger partial charge in [0.05, 0.1) is 17.1 Å². The first-order chi connectivity index (χ1) is 9.96. The second-order valence-electron chi connectivity index (χ2n) is 5.15. The van der Waals surface area contributed by atoms with E-state index in [0.29, 0.717) is 17.4 Å². The fourth-order valence-corrected chi connectivity index (χ4v) is 4.21. The lowest BCUT2D eigenvalue weighted by molar-refractivity contribution is -0.117. The van der Waals surface area contributed by atoms with Crippen molar-refractivity contribution in [3.63, 3.8) is 0 Å². The summed E-state index contributed by atoms with van der Waals surface area (Å²) in [6.07, 6.45) is 1.85. The molecule has 7 heteroatoms. The Morgan fingerprint density at radius 3 is 2.71 bits per heavy atom. The van der Waals surface area contributed by atoms with Crippen LogP contribution in [-0.2, 0) is 14.6 Å². The van der Waals surface area contributed by atoms with Crippen LogP contribution in [-0.4, -0.2) is 42.6 Å². The van der Waals surface area contributed by atoms with Crippen LogP contribution < -0.4 is 5.32 Å². The number of nitrogens with one attached hydrogen (secondary N) is 2. The molecular formula is C14H14N2O4S. The zero-order chi connectivity index (χ0) is 15.0. The highest BCUT2D eigenvalue weighted by molar-refractivity contribution is 7.91. The molecule has 2 aromatic rings. The van der Waals surface area contributed by atoms with Crippen LogP contribution in [0.1, 0.15) is 16.8 Å². The Balaban J connectivity index is 1.78. The SMILES string of the molecule is O=C(NC1CCS(=O)(=O)C1)C(=O)c1c[nH]c2ccccc12. The van der Waals surface area contributed by atoms with Gasteiger partial charge >= 0.3 is 0 Å².